The highest BCUT2D eigenvalue weighted by Crippen LogP contribution is 2.37. The zero-order chi connectivity index (χ0) is 21.4. The van der Waals surface area contributed by atoms with Gasteiger partial charge in [-0.2, -0.15) is 0 Å². The summed E-state index contributed by atoms with van der Waals surface area (Å²) in [5.74, 6) is -1.68. The van der Waals surface area contributed by atoms with Crippen molar-refractivity contribution < 1.29 is 23.5 Å². The van der Waals surface area contributed by atoms with Crippen LogP contribution in [0.5, 0.6) is 0 Å². The van der Waals surface area contributed by atoms with Crippen molar-refractivity contribution in [2.75, 3.05) is 7.05 Å². The molecule has 0 aliphatic rings. The number of furan rings is 1. The molecule has 0 aliphatic carbocycles. The second-order valence-electron chi connectivity index (χ2n) is 6.46. The molecular weight excluding hydrogens is 411 g/mol. The number of benzene rings is 2. The molecule has 2 aromatic heterocycles. The van der Waals surface area contributed by atoms with Crippen LogP contribution in [0, 0.1) is 5.82 Å². The van der Waals surface area contributed by atoms with Crippen molar-refractivity contribution in [2.45, 2.75) is 0 Å². The number of carbonyl (C=O) groups is 2. The molecule has 4 rings (SSSR count). The van der Waals surface area contributed by atoms with Gasteiger partial charge in [0.05, 0.1) is 16.5 Å². The number of pyridine rings is 1. The van der Waals surface area contributed by atoms with E-state index in [1.165, 1.54) is 43.4 Å². The molecule has 2 heterocycles. The third-order valence-corrected chi connectivity index (χ3v) is 4.91. The summed E-state index contributed by atoms with van der Waals surface area (Å²) in [6.45, 7) is 0. The Morgan fingerprint density at radius 3 is 2.50 bits per heavy atom. The van der Waals surface area contributed by atoms with Crippen molar-refractivity contribution in [1.29, 1.82) is 0 Å². The van der Waals surface area contributed by atoms with Crippen molar-refractivity contribution in [2.24, 2.45) is 0 Å². The Hall–Kier alpha value is -3.71. The maximum atomic E-state index is 13.3. The number of nitrogens with one attached hydrogen (secondary N) is 1. The molecule has 0 saturated carbocycles. The van der Waals surface area contributed by atoms with E-state index < -0.39 is 17.7 Å². The largest absolute Gasteiger partial charge is 0.478 e. The molecule has 0 radical (unpaired) electrons. The van der Waals surface area contributed by atoms with Gasteiger partial charge in [0.1, 0.15) is 16.7 Å². The number of amides is 1. The highest BCUT2D eigenvalue weighted by Gasteiger charge is 2.24. The van der Waals surface area contributed by atoms with Gasteiger partial charge in [0, 0.05) is 18.2 Å². The van der Waals surface area contributed by atoms with Crippen LogP contribution < -0.4 is 5.32 Å². The van der Waals surface area contributed by atoms with Gasteiger partial charge in [-0.3, -0.25) is 4.79 Å². The quantitative estimate of drug-likeness (QED) is 0.449. The molecule has 0 bridgehead atoms. The molecule has 4 aromatic rings. The minimum absolute atomic E-state index is 0.0906. The van der Waals surface area contributed by atoms with Crippen LogP contribution in [0.2, 0.25) is 5.15 Å². The van der Waals surface area contributed by atoms with E-state index in [4.69, 9.17) is 16.0 Å². The number of hydrogen-bond donors (Lipinski definition) is 2. The van der Waals surface area contributed by atoms with E-state index in [0.29, 0.717) is 22.1 Å². The van der Waals surface area contributed by atoms with Gasteiger partial charge in [-0.1, -0.05) is 23.7 Å². The van der Waals surface area contributed by atoms with Crippen LogP contribution in [0.15, 0.2) is 59.0 Å². The van der Waals surface area contributed by atoms with E-state index in [1.54, 1.807) is 18.2 Å². The number of aromatic nitrogens is 1. The van der Waals surface area contributed by atoms with Crippen LogP contribution in [0.4, 0.5) is 4.39 Å². The van der Waals surface area contributed by atoms with Gasteiger partial charge in [0.15, 0.2) is 0 Å². The normalized spacial score (nSPS) is 10.9. The maximum absolute atomic E-state index is 13.3. The fourth-order valence-electron chi connectivity index (χ4n) is 3.18. The molecular formula is C22H14ClFN2O4. The van der Waals surface area contributed by atoms with E-state index in [-0.39, 0.29) is 27.8 Å². The summed E-state index contributed by atoms with van der Waals surface area (Å²) < 4.78 is 19.1. The molecule has 0 unspecified atom stereocenters. The lowest BCUT2D eigenvalue weighted by Crippen LogP contribution is -2.18. The van der Waals surface area contributed by atoms with E-state index in [0.717, 1.165) is 0 Å². The molecule has 0 saturated heterocycles. The van der Waals surface area contributed by atoms with E-state index in [2.05, 4.69) is 10.3 Å². The topological polar surface area (TPSA) is 92.4 Å². The van der Waals surface area contributed by atoms with Gasteiger partial charge in [0.25, 0.3) is 5.91 Å². The third kappa shape index (κ3) is 3.40. The standard InChI is InChI=1S/C22H14ClFN2O4/c1-25-20(27)17-16-10-15(12-3-2-4-13(9-12)22(28)29)19(23)26-21(16)30-18(17)11-5-7-14(24)8-6-11/h2-10H,1H3,(H,25,27)(H,28,29). The molecule has 0 fully saturated rings. The number of halogens is 2. The van der Waals surface area contributed by atoms with Crippen molar-refractivity contribution >= 4 is 34.6 Å². The van der Waals surface area contributed by atoms with Crippen LogP contribution in [-0.4, -0.2) is 29.0 Å². The minimum Gasteiger partial charge on any atom is -0.478 e. The smallest absolute Gasteiger partial charge is 0.335 e. The number of carboxylic acid groups (broad SMARTS) is 1. The SMILES string of the molecule is CNC(=O)c1c(-c2ccc(F)cc2)oc2nc(Cl)c(-c3cccc(C(=O)O)c3)cc12. The Kier molecular flexibility index (Phi) is 4.97. The lowest BCUT2D eigenvalue weighted by atomic mass is 10.0. The van der Waals surface area contributed by atoms with Crippen LogP contribution in [-0.2, 0) is 0 Å². The first-order valence-electron chi connectivity index (χ1n) is 8.84. The summed E-state index contributed by atoms with van der Waals surface area (Å²) in [7, 11) is 1.48. The third-order valence-electron chi connectivity index (χ3n) is 4.62. The van der Waals surface area contributed by atoms with Gasteiger partial charge < -0.3 is 14.8 Å². The van der Waals surface area contributed by atoms with Crippen molar-refractivity contribution in [3.63, 3.8) is 0 Å². The predicted octanol–water partition coefficient (Wildman–Crippen LogP) is 5.01. The zero-order valence-electron chi connectivity index (χ0n) is 15.6. The molecule has 8 heteroatoms. The molecule has 6 nitrogen and oxygen atoms in total. The summed E-state index contributed by atoms with van der Waals surface area (Å²) in [6, 6.07) is 13.4. The van der Waals surface area contributed by atoms with Crippen molar-refractivity contribution in [1.82, 2.24) is 10.3 Å². The summed E-state index contributed by atoms with van der Waals surface area (Å²) in [5.41, 5.74) is 1.92. The van der Waals surface area contributed by atoms with E-state index >= 15 is 0 Å². The van der Waals surface area contributed by atoms with Crippen LogP contribution in [0.3, 0.4) is 0 Å². The first-order valence-corrected chi connectivity index (χ1v) is 9.21. The molecule has 0 spiro atoms. The molecule has 30 heavy (non-hydrogen) atoms. The summed E-state index contributed by atoms with van der Waals surface area (Å²) in [5, 5.41) is 12.3. The second kappa shape index (κ2) is 7.61. The Balaban J connectivity index is 1.97. The minimum atomic E-state index is -1.07. The van der Waals surface area contributed by atoms with Crippen LogP contribution in [0.25, 0.3) is 33.6 Å². The Labute approximate surface area is 174 Å². The fraction of sp³-hybridized carbons (Fsp3) is 0.0455. The summed E-state index contributed by atoms with van der Waals surface area (Å²) in [4.78, 5) is 28.2. The van der Waals surface area contributed by atoms with Gasteiger partial charge in [-0.25, -0.2) is 14.2 Å². The highest BCUT2D eigenvalue weighted by atomic mass is 35.5. The maximum Gasteiger partial charge on any atom is 0.335 e. The molecule has 2 aromatic carbocycles. The van der Waals surface area contributed by atoms with Gasteiger partial charge >= 0.3 is 5.97 Å². The number of carboxylic acids is 1. The number of hydrogen-bond acceptors (Lipinski definition) is 4. The van der Waals surface area contributed by atoms with Crippen LogP contribution >= 0.6 is 11.6 Å². The number of nitrogens with zero attached hydrogens (tertiary/aromatic N) is 1. The molecule has 0 aliphatic heterocycles. The van der Waals surface area contributed by atoms with Gasteiger partial charge in [0.2, 0.25) is 5.71 Å². The van der Waals surface area contributed by atoms with Crippen LogP contribution in [0.1, 0.15) is 20.7 Å². The molecule has 2 N–H and O–H groups in total. The molecule has 0 atom stereocenters. The lowest BCUT2D eigenvalue weighted by molar-refractivity contribution is 0.0696. The average molecular weight is 425 g/mol. The van der Waals surface area contributed by atoms with E-state index in [1.807, 2.05) is 0 Å². The Morgan fingerprint density at radius 2 is 1.83 bits per heavy atom. The predicted molar refractivity (Wildman–Crippen MR) is 110 cm³/mol. The van der Waals surface area contributed by atoms with Crippen molar-refractivity contribution in [3.05, 3.63) is 76.7 Å². The van der Waals surface area contributed by atoms with E-state index in [9.17, 15) is 19.1 Å². The summed E-state index contributed by atoms with van der Waals surface area (Å²) in [6.07, 6.45) is 0. The number of fused-ring (bicyclic) bond motifs is 1. The number of rotatable bonds is 4. The molecule has 1 amide bonds. The first kappa shape index (κ1) is 19.6. The van der Waals surface area contributed by atoms with Crippen molar-refractivity contribution in [3.8, 4) is 22.5 Å². The Morgan fingerprint density at radius 1 is 1.10 bits per heavy atom. The average Bonchev–Trinajstić information content (AvgIpc) is 3.11. The highest BCUT2D eigenvalue weighted by molar-refractivity contribution is 6.32. The van der Waals surface area contributed by atoms with Gasteiger partial charge in [-0.15, -0.1) is 0 Å². The van der Waals surface area contributed by atoms with Gasteiger partial charge in [-0.05, 0) is 48.0 Å². The first-order chi connectivity index (χ1) is 14.4. The monoisotopic (exact) mass is 424 g/mol. The molecule has 150 valence electrons. The zero-order valence-corrected chi connectivity index (χ0v) is 16.3. The Bertz CT molecular complexity index is 1300. The summed E-state index contributed by atoms with van der Waals surface area (Å²) >= 11 is 6.34. The lowest BCUT2D eigenvalue weighted by Gasteiger charge is -2.06. The number of carbonyl (C=O) groups excluding carboxylic acids is 1. The number of aromatic carboxylic acids is 1. The second-order valence-corrected chi connectivity index (χ2v) is 6.82. The fourth-order valence-corrected chi connectivity index (χ4v) is 3.42.